The fourth-order valence-corrected chi connectivity index (χ4v) is 2.45. The van der Waals surface area contributed by atoms with Crippen molar-refractivity contribution in [1.82, 2.24) is 9.55 Å². The highest BCUT2D eigenvalue weighted by atomic mass is 35.5. The molecule has 1 aliphatic rings. The second-order valence-electron chi connectivity index (χ2n) is 4.50. The molecule has 17 heavy (non-hydrogen) atoms. The quantitative estimate of drug-likeness (QED) is 0.841. The standard InChI is InChI=1S/C13H14ClN3/c14-10-3-1-2-9(6-10)12-8-17-7-11(15)4-5-13(17)16-12/h1-3,6,8,11H,4-5,7,15H2. The van der Waals surface area contributed by atoms with Crippen molar-refractivity contribution in [3.8, 4) is 11.3 Å². The summed E-state index contributed by atoms with van der Waals surface area (Å²) in [6.07, 6.45) is 4.05. The van der Waals surface area contributed by atoms with Crippen molar-refractivity contribution < 1.29 is 0 Å². The first-order valence-corrected chi connectivity index (χ1v) is 6.18. The Labute approximate surface area is 105 Å². The summed E-state index contributed by atoms with van der Waals surface area (Å²) >= 11 is 5.99. The van der Waals surface area contributed by atoms with Gasteiger partial charge < -0.3 is 10.3 Å². The van der Waals surface area contributed by atoms with E-state index >= 15 is 0 Å². The van der Waals surface area contributed by atoms with Crippen molar-refractivity contribution in [2.45, 2.75) is 25.4 Å². The van der Waals surface area contributed by atoms with Gasteiger partial charge in [-0.1, -0.05) is 23.7 Å². The van der Waals surface area contributed by atoms with E-state index in [1.165, 1.54) is 0 Å². The first kappa shape index (κ1) is 10.8. The van der Waals surface area contributed by atoms with E-state index in [0.717, 1.165) is 41.5 Å². The Morgan fingerprint density at radius 2 is 2.29 bits per heavy atom. The van der Waals surface area contributed by atoms with E-state index in [4.69, 9.17) is 17.3 Å². The number of rotatable bonds is 1. The van der Waals surface area contributed by atoms with Crippen LogP contribution in [0.5, 0.6) is 0 Å². The Balaban J connectivity index is 2.00. The second-order valence-corrected chi connectivity index (χ2v) is 4.94. The molecular formula is C13H14ClN3. The molecule has 0 spiro atoms. The number of fused-ring (bicyclic) bond motifs is 1. The molecule has 0 radical (unpaired) electrons. The van der Waals surface area contributed by atoms with Gasteiger partial charge in [0, 0.05) is 35.8 Å². The minimum atomic E-state index is 0.254. The van der Waals surface area contributed by atoms with Crippen LogP contribution in [0.3, 0.4) is 0 Å². The summed E-state index contributed by atoms with van der Waals surface area (Å²) in [6, 6.07) is 8.04. The Morgan fingerprint density at radius 3 is 3.12 bits per heavy atom. The van der Waals surface area contributed by atoms with Gasteiger partial charge in [0.15, 0.2) is 0 Å². The van der Waals surface area contributed by atoms with Gasteiger partial charge in [0.1, 0.15) is 5.82 Å². The summed E-state index contributed by atoms with van der Waals surface area (Å²) < 4.78 is 2.16. The SMILES string of the molecule is NC1CCc2nc(-c3cccc(Cl)c3)cn2C1. The van der Waals surface area contributed by atoms with Gasteiger partial charge >= 0.3 is 0 Å². The fraction of sp³-hybridized carbons (Fsp3) is 0.308. The molecule has 0 saturated carbocycles. The van der Waals surface area contributed by atoms with Gasteiger partial charge in [0.2, 0.25) is 0 Å². The smallest absolute Gasteiger partial charge is 0.109 e. The third-order valence-corrected chi connectivity index (χ3v) is 3.38. The number of imidazole rings is 1. The maximum Gasteiger partial charge on any atom is 0.109 e. The lowest BCUT2D eigenvalue weighted by Gasteiger charge is -2.19. The zero-order chi connectivity index (χ0) is 11.8. The predicted molar refractivity (Wildman–Crippen MR) is 69.0 cm³/mol. The van der Waals surface area contributed by atoms with Crippen molar-refractivity contribution in [3.05, 3.63) is 41.3 Å². The Morgan fingerprint density at radius 1 is 1.41 bits per heavy atom. The molecule has 2 heterocycles. The molecule has 1 unspecified atom stereocenters. The van der Waals surface area contributed by atoms with Crippen molar-refractivity contribution in [2.24, 2.45) is 5.73 Å². The lowest BCUT2D eigenvalue weighted by atomic mass is 10.1. The van der Waals surface area contributed by atoms with Crippen LogP contribution >= 0.6 is 11.6 Å². The average Bonchev–Trinajstić information content (AvgIpc) is 2.72. The third-order valence-electron chi connectivity index (χ3n) is 3.15. The number of nitrogens with zero attached hydrogens (tertiary/aromatic N) is 2. The highest BCUT2D eigenvalue weighted by Gasteiger charge is 2.17. The topological polar surface area (TPSA) is 43.8 Å². The maximum atomic E-state index is 5.99. The molecule has 1 atom stereocenters. The van der Waals surface area contributed by atoms with Crippen LogP contribution in [0.4, 0.5) is 0 Å². The lowest BCUT2D eigenvalue weighted by Crippen LogP contribution is -2.31. The lowest BCUT2D eigenvalue weighted by molar-refractivity contribution is 0.453. The summed E-state index contributed by atoms with van der Waals surface area (Å²) in [5.74, 6) is 1.13. The molecule has 4 heteroatoms. The first-order chi connectivity index (χ1) is 8.22. The van der Waals surface area contributed by atoms with Crippen LogP contribution in [0.1, 0.15) is 12.2 Å². The Kier molecular flexibility index (Phi) is 2.65. The number of halogens is 1. The molecule has 3 rings (SSSR count). The average molecular weight is 248 g/mol. The summed E-state index contributed by atoms with van der Waals surface area (Å²) in [5.41, 5.74) is 8.00. The van der Waals surface area contributed by atoms with Crippen LogP contribution in [-0.2, 0) is 13.0 Å². The normalized spacial score (nSPS) is 19.1. The monoisotopic (exact) mass is 247 g/mol. The largest absolute Gasteiger partial charge is 0.333 e. The van der Waals surface area contributed by atoms with Crippen molar-refractivity contribution in [1.29, 1.82) is 0 Å². The molecule has 88 valence electrons. The molecule has 0 fully saturated rings. The molecule has 1 aliphatic heterocycles. The maximum absolute atomic E-state index is 5.99. The molecule has 0 saturated heterocycles. The molecule has 0 bridgehead atoms. The molecular weight excluding hydrogens is 234 g/mol. The van der Waals surface area contributed by atoms with Crippen LogP contribution < -0.4 is 5.73 Å². The van der Waals surface area contributed by atoms with Crippen molar-refractivity contribution in [3.63, 3.8) is 0 Å². The molecule has 0 amide bonds. The highest BCUT2D eigenvalue weighted by Crippen LogP contribution is 2.24. The van der Waals surface area contributed by atoms with E-state index in [9.17, 15) is 0 Å². The molecule has 2 N–H and O–H groups in total. The van der Waals surface area contributed by atoms with Gasteiger partial charge in [0.05, 0.1) is 5.69 Å². The predicted octanol–water partition coefficient (Wildman–Crippen LogP) is 2.48. The van der Waals surface area contributed by atoms with E-state index < -0.39 is 0 Å². The molecule has 3 nitrogen and oxygen atoms in total. The molecule has 0 aliphatic carbocycles. The number of benzene rings is 1. The van der Waals surface area contributed by atoms with Crippen molar-refractivity contribution in [2.75, 3.05) is 0 Å². The summed E-state index contributed by atoms with van der Waals surface area (Å²) in [4.78, 5) is 4.65. The minimum Gasteiger partial charge on any atom is -0.333 e. The second kappa shape index (κ2) is 4.17. The van der Waals surface area contributed by atoms with Crippen LogP contribution in [0.2, 0.25) is 5.02 Å². The molecule has 2 aromatic rings. The van der Waals surface area contributed by atoms with Crippen molar-refractivity contribution >= 4 is 11.6 Å². The Hall–Kier alpha value is -1.32. The first-order valence-electron chi connectivity index (χ1n) is 5.80. The van der Waals surface area contributed by atoms with Gasteiger partial charge in [-0.25, -0.2) is 4.98 Å². The van der Waals surface area contributed by atoms with Gasteiger partial charge in [-0.3, -0.25) is 0 Å². The third kappa shape index (κ3) is 2.08. The highest BCUT2D eigenvalue weighted by molar-refractivity contribution is 6.30. The summed E-state index contributed by atoms with van der Waals surface area (Å²) in [6.45, 7) is 0.864. The molecule has 1 aromatic heterocycles. The van der Waals surface area contributed by atoms with E-state index in [1.807, 2.05) is 24.3 Å². The van der Waals surface area contributed by atoms with Crippen LogP contribution in [-0.4, -0.2) is 15.6 Å². The Bertz CT molecular complexity index is 547. The van der Waals surface area contributed by atoms with Gasteiger partial charge in [-0.2, -0.15) is 0 Å². The number of hydrogen-bond donors (Lipinski definition) is 1. The van der Waals surface area contributed by atoms with Gasteiger partial charge in [0.25, 0.3) is 0 Å². The minimum absolute atomic E-state index is 0.254. The number of aryl methyl sites for hydroxylation is 1. The zero-order valence-corrected chi connectivity index (χ0v) is 10.2. The van der Waals surface area contributed by atoms with Crippen LogP contribution in [0.15, 0.2) is 30.5 Å². The molecule has 1 aromatic carbocycles. The summed E-state index contributed by atoms with van der Waals surface area (Å²) in [5, 5.41) is 0.741. The van der Waals surface area contributed by atoms with E-state index in [1.54, 1.807) is 0 Å². The van der Waals surface area contributed by atoms with Crippen LogP contribution in [0, 0.1) is 0 Å². The van der Waals surface area contributed by atoms with E-state index in [0.29, 0.717) is 0 Å². The number of hydrogen-bond acceptors (Lipinski definition) is 2. The van der Waals surface area contributed by atoms with Gasteiger partial charge in [-0.15, -0.1) is 0 Å². The number of nitrogens with two attached hydrogens (primary N) is 1. The number of aromatic nitrogens is 2. The summed E-state index contributed by atoms with van der Waals surface area (Å²) in [7, 11) is 0. The van der Waals surface area contributed by atoms with E-state index in [-0.39, 0.29) is 6.04 Å². The van der Waals surface area contributed by atoms with Gasteiger partial charge in [-0.05, 0) is 18.6 Å². The van der Waals surface area contributed by atoms with Crippen LogP contribution in [0.25, 0.3) is 11.3 Å². The fourth-order valence-electron chi connectivity index (χ4n) is 2.26. The van der Waals surface area contributed by atoms with E-state index in [2.05, 4.69) is 15.7 Å². The zero-order valence-electron chi connectivity index (χ0n) is 9.44.